The number of aliphatic hydroxyl groups excluding tert-OH is 1. The Bertz CT molecular complexity index is 718. The van der Waals surface area contributed by atoms with Crippen LogP contribution in [0.4, 0.5) is 0 Å². The van der Waals surface area contributed by atoms with E-state index in [0.717, 1.165) is 44.9 Å². The third-order valence-electron chi connectivity index (χ3n) is 9.35. The van der Waals surface area contributed by atoms with E-state index in [4.69, 9.17) is 4.55 Å². The molecule has 4 saturated carbocycles. The van der Waals surface area contributed by atoms with Crippen LogP contribution < -0.4 is 0 Å². The molecule has 27 heavy (non-hydrogen) atoms. The molecular weight excluding hydrogens is 364 g/mol. The van der Waals surface area contributed by atoms with Crippen molar-refractivity contribution in [2.45, 2.75) is 77.7 Å². The zero-order chi connectivity index (χ0) is 19.6. The van der Waals surface area contributed by atoms with Gasteiger partial charge in [-0.15, -0.1) is 0 Å². The van der Waals surface area contributed by atoms with E-state index in [1.165, 1.54) is 12.8 Å². The summed E-state index contributed by atoms with van der Waals surface area (Å²) in [4.78, 5) is 12.6. The lowest BCUT2D eigenvalue weighted by Crippen LogP contribution is -2.54. The van der Waals surface area contributed by atoms with Crippen LogP contribution >= 0.6 is 0 Å². The largest absolute Gasteiger partial charge is 0.393 e. The molecule has 0 amide bonds. The molecule has 4 fully saturated rings. The number of carbonyl (C=O) groups is 1. The lowest BCUT2D eigenvalue weighted by atomic mass is 9.44. The number of Topliss-reactive ketones (excluding diaryl/α,β-unsaturated/α-hetero) is 1. The number of carbonyl (C=O) groups excluding carboxylic acids is 1. The van der Waals surface area contributed by atoms with Gasteiger partial charge in [0.2, 0.25) is 0 Å². The number of hydrogen-bond acceptors (Lipinski definition) is 4. The van der Waals surface area contributed by atoms with E-state index in [1.807, 2.05) is 0 Å². The Morgan fingerprint density at radius 2 is 1.63 bits per heavy atom. The molecule has 0 aromatic rings. The van der Waals surface area contributed by atoms with Crippen LogP contribution in [0, 0.1) is 40.4 Å². The Hall–Kier alpha value is -0.460. The average molecular weight is 399 g/mol. The van der Waals surface area contributed by atoms with Gasteiger partial charge in [-0.25, -0.2) is 0 Å². The molecule has 4 aliphatic carbocycles. The van der Waals surface area contributed by atoms with E-state index in [9.17, 15) is 18.3 Å². The molecule has 2 N–H and O–H groups in total. The van der Waals surface area contributed by atoms with Gasteiger partial charge in [-0.05, 0) is 92.3 Å². The monoisotopic (exact) mass is 398 g/mol. The Kier molecular flexibility index (Phi) is 4.80. The maximum absolute atomic E-state index is 12.6. The molecule has 0 bridgehead atoms. The molecule has 0 aromatic carbocycles. The first-order valence-corrected chi connectivity index (χ1v) is 12.3. The summed E-state index contributed by atoms with van der Waals surface area (Å²) in [6.07, 6.45) is 9.02. The summed E-state index contributed by atoms with van der Waals surface area (Å²) in [5, 5.41) is 10.1. The fourth-order valence-electron chi connectivity index (χ4n) is 8.04. The van der Waals surface area contributed by atoms with Crippen molar-refractivity contribution in [1.29, 1.82) is 0 Å². The van der Waals surface area contributed by atoms with Crippen LogP contribution in [0.5, 0.6) is 0 Å². The van der Waals surface area contributed by atoms with Gasteiger partial charge in [0, 0.05) is 5.92 Å². The second-order valence-corrected chi connectivity index (χ2v) is 11.9. The summed E-state index contributed by atoms with van der Waals surface area (Å²) in [5.41, 5.74) is 0.181. The maximum Gasteiger partial charge on any atom is 0.272 e. The minimum atomic E-state index is -4.25. The molecule has 0 radical (unpaired) electrons. The number of rotatable bonds is 3. The summed E-state index contributed by atoms with van der Waals surface area (Å²) < 4.78 is 31.6. The van der Waals surface area contributed by atoms with E-state index < -0.39 is 15.9 Å². The lowest BCUT2D eigenvalue weighted by molar-refractivity contribution is -0.138. The molecule has 6 heteroatoms. The van der Waals surface area contributed by atoms with Gasteiger partial charge < -0.3 is 5.11 Å². The van der Waals surface area contributed by atoms with Crippen LogP contribution in [0.2, 0.25) is 0 Å². The van der Waals surface area contributed by atoms with E-state index in [-0.39, 0.29) is 23.2 Å². The third kappa shape index (κ3) is 3.20. The molecule has 0 aliphatic heterocycles. The first kappa shape index (κ1) is 19.8. The predicted octanol–water partition coefficient (Wildman–Crippen LogP) is 3.46. The number of fused-ring (bicyclic) bond motifs is 5. The van der Waals surface area contributed by atoms with Crippen molar-refractivity contribution in [1.82, 2.24) is 0 Å². The Labute approximate surface area is 163 Å². The third-order valence-corrected chi connectivity index (χ3v) is 10.0. The molecule has 2 unspecified atom stereocenters. The second-order valence-electron chi connectivity index (χ2n) is 10.5. The van der Waals surface area contributed by atoms with Gasteiger partial charge >= 0.3 is 0 Å². The van der Waals surface area contributed by atoms with Gasteiger partial charge in [0.15, 0.2) is 5.78 Å². The van der Waals surface area contributed by atoms with Crippen molar-refractivity contribution < 1.29 is 22.9 Å². The minimum Gasteiger partial charge on any atom is -0.393 e. The van der Waals surface area contributed by atoms with Gasteiger partial charge in [-0.1, -0.05) is 13.8 Å². The van der Waals surface area contributed by atoms with E-state index in [2.05, 4.69) is 13.8 Å². The Balaban J connectivity index is 1.56. The topological polar surface area (TPSA) is 91.7 Å². The van der Waals surface area contributed by atoms with Gasteiger partial charge in [-0.2, -0.15) is 8.42 Å². The van der Waals surface area contributed by atoms with Gasteiger partial charge in [-0.3, -0.25) is 9.35 Å². The normalized spacial score (nSPS) is 49.8. The first-order chi connectivity index (χ1) is 12.5. The van der Waals surface area contributed by atoms with E-state index >= 15 is 0 Å². The van der Waals surface area contributed by atoms with Crippen molar-refractivity contribution in [3.8, 4) is 0 Å². The van der Waals surface area contributed by atoms with Crippen LogP contribution in [0.3, 0.4) is 0 Å². The molecule has 4 rings (SSSR count). The van der Waals surface area contributed by atoms with Crippen molar-refractivity contribution in [3.63, 3.8) is 0 Å². The minimum absolute atomic E-state index is 0.125. The Morgan fingerprint density at radius 1 is 0.963 bits per heavy atom. The van der Waals surface area contributed by atoms with Gasteiger partial charge in [0.25, 0.3) is 10.1 Å². The lowest BCUT2D eigenvalue weighted by Gasteiger charge is -2.60. The zero-order valence-corrected chi connectivity index (χ0v) is 17.4. The summed E-state index contributed by atoms with van der Waals surface area (Å²) >= 11 is 0. The average Bonchev–Trinajstić information content (AvgIpc) is 2.91. The first-order valence-electron chi connectivity index (χ1n) is 10.7. The highest BCUT2D eigenvalue weighted by atomic mass is 32.2. The highest BCUT2D eigenvalue weighted by Gasteiger charge is 2.61. The molecule has 0 heterocycles. The molecule has 0 spiro atoms. The van der Waals surface area contributed by atoms with Crippen LogP contribution in [-0.4, -0.2) is 35.7 Å². The summed E-state index contributed by atoms with van der Waals surface area (Å²) in [6, 6.07) is 0. The molecule has 5 nitrogen and oxygen atoms in total. The van der Waals surface area contributed by atoms with Crippen LogP contribution in [0.25, 0.3) is 0 Å². The van der Waals surface area contributed by atoms with Crippen molar-refractivity contribution in [2.24, 2.45) is 40.4 Å². The summed E-state index contributed by atoms with van der Waals surface area (Å²) in [7, 11) is -4.25. The van der Waals surface area contributed by atoms with Crippen LogP contribution in [0.15, 0.2) is 0 Å². The van der Waals surface area contributed by atoms with Crippen LogP contribution in [0.1, 0.15) is 71.6 Å². The fourth-order valence-corrected chi connectivity index (χ4v) is 8.61. The highest BCUT2D eigenvalue weighted by molar-refractivity contribution is 7.86. The van der Waals surface area contributed by atoms with Gasteiger partial charge in [0.1, 0.15) is 5.75 Å². The quantitative estimate of drug-likeness (QED) is 0.710. The van der Waals surface area contributed by atoms with Crippen molar-refractivity contribution in [3.05, 3.63) is 0 Å². The molecule has 0 saturated heterocycles. The van der Waals surface area contributed by atoms with Crippen molar-refractivity contribution in [2.75, 3.05) is 5.75 Å². The molecular formula is C21H34O5S. The fraction of sp³-hybridized carbons (Fsp3) is 0.952. The summed E-state index contributed by atoms with van der Waals surface area (Å²) in [6.45, 7) is 4.64. The van der Waals surface area contributed by atoms with E-state index in [0.29, 0.717) is 29.1 Å². The van der Waals surface area contributed by atoms with Crippen LogP contribution in [-0.2, 0) is 14.9 Å². The maximum atomic E-state index is 12.6. The Morgan fingerprint density at radius 3 is 2.33 bits per heavy atom. The predicted molar refractivity (Wildman–Crippen MR) is 103 cm³/mol. The number of hydrogen-bond donors (Lipinski definition) is 2. The SMILES string of the molecule is C[C@]12CC[C@H]3[C@@H](CCC4CC(O)CC[C@@]43C)[C@@H]1CC[C@@H]2C(=O)CS(=O)(=O)O. The number of ketones is 1. The second kappa shape index (κ2) is 6.53. The van der Waals surface area contributed by atoms with E-state index in [1.54, 1.807) is 0 Å². The van der Waals surface area contributed by atoms with Gasteiger partial charge in [0.05, 0.1) is 6.10 Å². The molecule has 4 aliphatic rings. The number of aliphatic hydroxyl groups is 1. The zero-order valence-electron chi connectivity index (χ0n) is 16.6. The van der Waals surface area contributed by atoms with Crippen molar-refractivity contribution >= 4 is 15.9 Å². The molecule has 8 atom stereocenters. The smallest absolute Gasteiger partial charge is 0.272 e. The molecule has 0 aromatic heterocycles. The standard InChI is InChI=1S/C21H34O5S/c1-20-9-7-14(22)11-13(20)3-4-15-16-5-6-18(19(23)12-27(24,25)26)21(16,2)10-8-17(15)20/h13-18,22H,3-12H2,1-2H3,(H,24,25,26)/t13?,14?,15-,16-,17-,18+,20-,21-/m0/s1. The highest BCUT2D eigenvalue weighted by Crippen LogP contribution is 2.67. The summed E-state index contributed by atoms with van der Waals surface area (Å²) in [5.74, 6) is 1.12. The molecule has 154 valence electrons.